The van der Waals surface area contributed by atoms with Crippen molar-refractivity contribution in [2.24, 2.45) is 0 Å². The van der Waals surface area contributed by atoms with Crippen molar-refractivity contribution < 1.29 is 9.59 Å². The van der Waals surface area contributed by atoms with E-state index in [1.54, 1.807) is 30.6 Å². The van der Waals surface area contributed by atoms with Crippen LogP contribution in [-0.2, 0) is 11.2 Å². The molecule has 0 bridgehead atoms. The number of hydrogen-bond donors (Lipinski definition) is 2. The molecule has 164 valence electrons. The average Bonchev–Trinajstić information content (AvgIpc) is 3.34. The van der Waals surface area contributed by atoms with Gasteiger partial charge in [0.15, 0.2) is 0 Å². The molecule has 0 aliphatic rings. The van der Waals surface area contributed by atoms with Crippen LogP contribution in [0.15, 0.2) is 96.3 Å². The standard InChI is InChI=1S/C27H23N3O2S/c1-19-4-2-5-22(16-19)26(31)30-25(18-24-6-3-15-33-24)27(32)29-23-9-7-20(8-10-23)17-21-11-13-28-14-12-21/h2-16,18H,17H2,1H3,(H,29,32)(H,30,31)/b25-18-. The normalized spacial score (nSPS) is 11.1. The molecule has 0 saturated heterocycles. The molecule has 2 aromatic carbocycles. The van der Waals surface area contributed by atoms with Crippen LogP contribution in [0.2, 0.25) is 0 Å². The zero-order chi connectivity index (χ0) is 23.0. The monoisotopic (exact) mass is 453 g/mol. The third kappa shape index (κ3) is 6.24. The Morgan fingerprint density at radius 1 is 0.939 bits per heavy atom. The van der Waals surface area contributed by atoms with Gasteiger partial charge in [0.25, 0.3) is 11.8 Å². The number of nitrogens with one attached hydrogen (secondary N) is 2. The van der Waals surface area contributed by atoms with Crippen LogP contribution in [0.3, 0.4) is 0 Å². The summed E-state index contributed by atoms with van der Waals surface area (Å²) in [6.45, 7) is 1.92. The fourth-order valence-electron chi connectivity index (χ4n) is 3.30. The number of carbonyl (C=O) groups excluding carboxylic acids is 2. The number of nitrogens with zero attached hydrogens (tertiary/aromatic N) is 1. The maximum atomic E-state index is 13.1. The summed E-state index contributed by atoms with van der Waals surface area (Å²) in [6, 6.07) is 22.7. The Morgan fingerprint density at radius 2 is 1.70 bits per heavy atom. The molecule has 6 heteroatoms. The molecule has 5 nitrogen and oxygen atoms in total. The number of benzene rings is 2. The maximum Gasteiger partial charge on any atom is 0.272 e. The molecular weight excluding hydrogens is 430 g/mol. The second-order valence-corrected chi connectivity index (χ2v) is 8.56. The second kappa shape index (κ2) is 10.5. The van der Waals surface area contributed by atoms with Crippen molar-refractivity contribution in [3.8, 4) is 0 Å². The summed E-state index contributed by atoms with van der Waals surface area (Å²) in [6.07, 6.45) is 6.02. The van der Waals surface area contributed by atoms with E-state index in [0.29, 0.717) is 11.3 Å². The van der Waals surface area contributed by atoms with Crippen LogP contribution in [0, 0.1) is 6.92 Å². The molecule has 33 heavy (non-hydrogen) atoms. The van der Waals surface area contributed by atoms with Gasteiger partial charge in [0, 0.05) is 28.5 Å². The lowest BCUT2D eigenvalue weighted by molar-refractivity contribution is -0.113. The number of aryl methyl sites for hydroxylation is 1. The van der Waals surface area contributed by atoms with Crippen molar-refractivity contribution >= 4 is 34.9 Å². The van der Waals surface area contributed by atoms with Crippen LogP contribution in [-0.4, -0.2) is 16.8 Å². The van der Waals surface area contributed by atoms with Gasteiger partial charge in [-0.05, 0) is 78.4 Å². The highest BCUT2D eigenvalue weighted by molar-refractivity contribution is 7.10. The number of carbonyl (C=O) groups is 2. The minimum absolute atomic E-state index is 0.185. The largest absolute Gasteiger partial charge is 0.321 e. The van der Waals surface area contributed by atoms with Crippen molar-refractivity contribution in [1.82, 2.24) is 10.3 Å². The molecule has 2 amide bonds. The second-order valence-electron chi connectivity index (χ2n) is 7.58. The zero-order valence-electron chi connectivity index (χ0n) is 18.1. The smallest absolute Gasteiger partial charge is 0.272 e. The fourth-order valence-corrected chi connectivity index (χ4v) is 3.95. The average molecular weight is 454 g/mol. The van der Waals surface area contributed by atoms with E-state index in [-0.39, 0.29) is 17.5 Å². The van der Waals surface area contributed by atoms with E-state index in [2.05, 4.69) is 15.6 Å². The van der Waals surface area contributed by atoms with Gasteiger partial charge in [-0.25, -0.2) is 0 Å². The molecule has 2 aromatic heterocycles. The molecule has 0 saturated carbocycles. The summed E-state index contributed by atoms with van der Waals surface area (Å²) in [5, 5.41) is 7.58. The predicted octanol–water partition coefficient (Wildman–Crippen LogP) is 5.45. The highest BCUT2D eigenvalue weighted by Gasteiger charge is 2.15. The third-order valence-corrected chi connectivity index (χ3v) is 5.79. The maximum absolute atomic E-state index is 13.1. The first-order valence-corrected chi connectivity index (χ1v) is 11.4. The number of rotatable bonds is 7. The highest BCUT2D eigenvalue weighted by Crippen LogP contribution is 2.17. The first-order valence-electron chi connectivity index (χ1n) is 10.5. The molecular formula is C27H23N3O2S. The van der Waals surface area contributed by atoms with Gasteiger partial charge < -0.3 is 10.6 Å². The van der Waals surface area contributed by atoms with Crippen LogP contribution >= 0.6 is 11.3 Å². The van der Waals surface area contributed by atoms with E-state index >= 15 is 0 Å². The lowest BCUT2D eigenvalue weighted by Gasteiger charge is -2.12. The lowest BCUT2D eigenvalue weighted by atomic mass is 10.1. The van der Waals surface area contributed by atoms with E-state index in [1.807, 2.05) is 73.0 Å². The van der Waals surface area contributed by atoms with Crippen LogP contribution in [0.5, 0.6) is 0 Å². The number of anilines is 1. The third-order valence-electron chi connectivity index (χ3n) is 4.97. The molecule has 0 spiro atoms. The van der Waals surface area contributed by atoms with E-state index in [9.17, 15) is 9.59 Å². The Kier molecular flexibility index (Phi) is 7.07. The van der Waals surface area contributed by atoms with Gasteiger partial charge in [0.2, 0.25) is 0 Å². The molecule has 4 rings (SSSR count). The lowest BCUT2D eigenvalue weighted by Crippen LogP contribution is -2.30. The number of amides is 2. The van der Waals surface area contributed by atoms with Gasteiger partial charge in [-0.1, -0.05) is 35.9 Å². The van der Waals surface area contributed by atoms with E-state index < -0.39 is 0 Å². The number of aromatic nitrogens is 1. The van der Waals surface area contributed by atoms with Crippen molar-refractivity contribution in [1.29, 1.82) is 0 Å². The van der Waals surface area contributed by atoms with Gasteiger partial charge in [-0.3, -0.25) is 14.6 Å². The zero-order valence-corrected chi connectivity index (χ0v) is 18.9. The van der Waals surface area contributed by atoms with Gasteiger partial charge in [-0.15, -0.1) is 11.3 Å². The summed E-state index contributed by atoms with van der Waals surface area (Å²) >= 11 is 1.49. The summed E-state index contributed by atoms with van der Waals surface area (Å²) in [7, 11) is 0. The summed E-state index contributed by atoms with van der Waals surface area (Å²) in [5.74, 6) is -0.712. The molecule has 0 aliphatic carbocycles. The van der Waals surface area contributed by atoms with E-state index in [1.165, 1.54) is 16.9 Å². The van der Waals surface area contributed by atoms with Gasteiger partial charge in [0.05, 0.1) is 0 Å². The number of pyridine rings is 1. The first kappa shape index (κ1) is 22.2. The Bertz CT molecular complexity index is 1260. The van der Waals surface area contributed by atoms with Crippen LogP contribution in [0.4, 0.5) is 5.69 Å². The Labute approximate surface area is 196 Å². The van der Waals surface area contributed by atoms with Crippen LogP contribution in [0.25, 0.3) is 6.08 Å². The predicted molar refractivity (Wildman–Crippen MR) is 133 cm³/mol. The molecule has 2 N–H and O–H groups in total. The molecule has 2 heterocycles. The van der Waals surface area contributed by atoms with Crippen LogP contribution < -0.4 is 10.6 Å². The van der Waals surface area contributed by atoms with Crippen LogP contribution in [0.1, 0.15) is 31.9 Å². The molecule has 0 fully saturated rings. The van der Waals surface area contributed by atoms with E-state index in [4.69, 9.17) is 0 Å². The summed E-state index contributed by atoms with van der Waals surface area (Å²) in [4.78, 5) is 30.7. The molecule has 4 aromatic rings. The quantitative estimate of drug-likeness (QED) is 0.366. The first-order chi connectivity index (χ1) is 16.1. The SMILES string of the molecule is Cc1cccc(C(=O)N/C(=C\c2cccs2)C(=O)Nc2ccc(Cc3ccncc3)cc2)c1. The highest BCUT2D eigenvalue weighted by atomic mass is 32.1. The Hall–Kier alpha value is -4.03. The molecule has 0 atom stereocenters. The molecule has 0 radical (unpaired) electrons. The van der Waals surface area contributed by atoms with Crippen molar-refractivity contribution in [2.45, 2.75) is 13.3 Å². The molecule has 0 aliphatic heterocycles. The summed E-state index contributed by atoms with van der Waals surface area (Å²) in [5.41, 5.74) is 4.61. The van der Waals surface area contributed by atoms with Crippen molar-refractivity contribution in [3.05, 3.63) is 123 Å². The Balaban J connectivity index is 1.49. The van der Waals surface area contributed by atoms with Crippen molar-refractivity contribution in [2.75, 3.05) is 5.32 Å². The van der Waals surface area contributed by atoms with Crippen molar-refractivity contribution in [3.63, 3.8) is 0 Å². The van der Waals surface area contributed by atoms with Gasteiger partial charge in [0.1, 0.15) is 5.70 Å². The van der Waals surface area contributed by atoms with E-state index in [0.717, 1.165) is 22.4 Å². The topological polar surface area (TPSA) is 71.1 Å². The number of thiophene rings is 1. The minimum atomic E-state index is -0.383. The fraction of sp³-hybridized carbons (Fsp3) is 0.0741. The Morgan fingerprint density at radius 3 is 2.39 bits per heavy atom. The molecule has 0 unspecified atom stereocenters. The number of hydrogen-bond acceptors (Lipinski definition) is 4. The minimum Gasteiger partial charge on any atom is -0.321 e. The van der Waals surface area contributed by atoms with Gasteiger partial charge in [-0.2, -0.15) is 0 Å². The van der Waals surface area contributed by atoms with Gasteiger partial charge >= 0.3 is 0 Å². The summed E-state index contributed by atoms with van der Waals surface area (Å²) < 4.78 is 0.